The number of rotatable bonds is 6. The highest BCUT2D eigenvalue weighted by Crippen LogP contribution is 2.13. The fourth-order valence-electron chi connectivity index (χ4n) is 2.24. The Kier molecular flexibility index (Phi) is 5.28. The first kappa shape index (κ1) is 17.2. The predicted molar refractivity (Wildman–Crippen MR) is 98.0 cm³/mol. The van der Waals surface area contributed by atoms with Crippen molar-refractivity contribution in [2.75, 3.05) is 10.6 Å². The number of carbonyl (C=O) groups is 2. The Bertz CT molecular complexity index is 911. The second-order valence-corrected chi connectivity index (χ2v) is 5.57. The molecule has 0 saturated carbocycles. The van der Waals surface area contributed by atoms with E-state index in [1.165, 1.54) is 6.92 Å². The zero-order chi connectivity index (χ0) is 18.4. The quantitative estimate of drug-likeness (QED) is 0.666. The van der Waals surface area contributed by atoms with Crippen molar-refractivity contribution in [2.24, 2.45) is 0 Å². The molecular weight excluding hydrogens is 330 g/mol. The number of ketones is 1. The summed E-state index contributed by atoms with van der Waals surface area (Å²) in [6.07, 6.45) is 1.72. The summed E-state index contributed by atoms with van der Waals surface area (Å²) in [6, 6.07) is 15.7. The lowest BCUT2D eigenvalue weighted by atomic mass is 10.1. The minimum atomic E-state index is -0.394. The van der Waals surface area contributed by atoms with Crippen molar-refractivity contribution >= 4 is 23.2 Å². The zero-order valence-corrected chi connectivity index (χ0v) is 14.1. The van der Waals surface area contributed by atoms with E-state index in [0.29, 0.717) is 23.6 Å². The number of benzene rings is 1. The van der Waals surface area contributed by atoms with Crippen LogP contribution in [0.3, 0.4) is 0 Å². The summed E-state index contributed by atoms with van der Waals surface area (Å²) in [5.41, 5.74) is 2.12. The summed E-state index contributed by atoms with van der Waals surface area (Å²) in [5.74, 6) is 0.0875. The Labute approximate surface area is 150 Å². The van der Waals surface area contributed by atoms with Crippen molar-refractivity contribution in [3.63, 3.8) is 0 Å². The van der Waals surface area contributed by atoms with Gasteiger partial charge in [0.15, 0.2) is 11.5 Å². The van der Waals surface area contributed by atoms with E-state index in [0.717, 1.165) is 5.69 Å². The van der Waals surface area contributed by atoms with E-state index in [1.54, 1.807) is 42.6 Å². The van der Waals surface area contributed by atoms with Crippen molar-refractivity contribution in [3.8, 4) is 0 Å². The smallest absolute Gasteiger partial charge is 0.276 e. The van der Waals surface area contributed by atoms with Crippen molar-refractivity contribution in [3.05, 3.63) is 77.7 Å². The summed E-state index contributed by atoms with van der Waals surface area (Å²) in [5, 5.41) is 13.7. The van der Waals surface area contributed by atoms with Gasteiger partial charge < -0.3 is 10.6 Å². The molecule has 2 heterocycles. The number of hydrogen-bond acceptors (Lipinski definition) is 6. The lowest BCUT2D eigenvalue weighted by Crippen LogP contribution is -2.15. The van der Waals surface area contributed by atoms with Gasteiger partial charge in [0.1, 0.15) is 5.82 Å². The molecule has 3 aromatic rings. The van der Waals surface area contributed by atoms with Crippen molar-refractivity contribution in [1.82, 2.24) is 15.2 Å². The fraction of sp³-hybridized carbons (Fsp3) is 0.105. The van der Waals surface area contributed by atoms with Crippen LogP contribution >= 0.6 is 0 Å². The molecule has 7 nitrogen and oxygen atoms in total. The molecule has 26 heavy (non-hydrogen) atoms. The summed E-state index contributed by atoms with van der Waals surface area (Å²) in [4.78, 5) is 27.9. The number of Topliss-reactive ketones (excluding diaryl/α,β-unsaturated/α-hetero) is 1. The third kappa shape index (κ3) is 4.47. The van der Waals surface area contributed by atoms with Crippen molar-refractivity contribution < 1.29 is 9.59 Å². The molecule has 7 heteroatoms. The standard InChI is InChI=1S/C19H17N5O2/c1-13(25)14-5-4-7-15(11-14)22-19(26)17-8-9-18(24-23-17)21-12-16-6-2-3-10-20-16/h2-11H,12H2,1H3,(H,21,24)(H,22,26). The predicted octanol–water partition coefficient (Wildman–Crippen LogP) is 2.94. The average molecular weight is 347 g/mol. The van der Waals surface area contributed by atoms with Crippen LogP contribution in [0.2, 0.25) is 0 Å². The Morgan fingerprint density at radius 2 is 1.88 bits per heavy atom. The lowest BCUT2D eigenvalue weighted by molar-refractivity contribution is 0.100. The molecule has 0 fully saturated rings. The third-order valence-electron chi connectivity index (χ3n) is 3.60. The SMILES string of the molecule is CC(=O)c1cccc(NC(=O)c2ccc(NCc3ccccn3)nn2)c1. The topological polar surface area (TPSA) is 96.9 Å². The fourth-order valence-corrected chi connectivity index (χ4v) is 2.24. The summed E-state index contributed by atoms with van der Waals surface area (Å²) in [6.45, 7) is 1.99. The van der Waals surface area contributed by atoms with E-state index in [-0.39, 0.29) is 11.5 Å². The van der Waals surface area contributed by atoms with Crippen molar-refractivity contribution in [2.45, 2.75) is 13.5 Å². The largest absolute Gasteiger partial charge is 0.363 e. The highest BCUT2D eigenvalue weighted by atomic mass is 16.2. The van der Waals surface area contributed by atoms with Gasteiger partial charge in [-0.3, -0.25) is 14.6 Å². The average Bonchev–Trinajstić information content (AvgIpc) is 2.68. The van der Waals surface area contributed by atoms with Gasteiger partial charge in [-0.1, -0.05) is 18.2 Å². The first-order valence-corrected chi connectivity index (χ1v) is 8.02. The van der Waals surface area contributed by atoms with Crippen LogP contribution in [-0.4, -0.2) is 26.9 Å². The van der Waals surface area contributed by atoms with Gasteiger partial charge in [0.2, 0.25) is 0 Å². The Morgan fingerprint density at radius 1 is 1.00 bits per heavy atom. The molecule has 2 N–H and O–H groups in total. The van der Waals surface area contributed by atoms with E-state index in [4.69, 9.17) is 0 Å². The number of amides is 1. The molecule has 0 saturated heterocycles. The van der Waals surface area contributed by atoms with E-state index in [9.17, 15) is 9.59 Å². The number of pyridine rings is 1. The maximum Gasteiger partial charge on any atom is 0.276 e. The number of nitrogens with one attached hydrogen (secondary N) is 2. The van der Waals surface area contributed by atoms with Crippen LogP contribution in [0, 0.1) is 0 Å². The molecule has 0 bridgehead atoms. The van der Waals surface area contributed by atoms with Gasteiger partial charge in [0.25, 0.3) is 5.91 Å². The highest BCUT2D eigenvalue weighted by Gasteiger charge is 2.10. The molecule has 0 atom stereocenters. The van der Waals surface area contributed by atoms with E-state index in [2.05, 4.69) is 25.8 Å². The Balaban J connectivity index is 1.61. The first-order chi connectivity index (χ1) is 12.6. The molecule has 0 aliphatic carbocycles. The van der Waals surface area contributed by atoms with E-state index < -0.39 is 5.91 Å². The van der Waals surface area contributed by atoms with Gasteiger partial charge in [-0.05, 0) is 43.3 Å². The normalized spacial score (nSPS) is 10.2. The van der Waals surface area contributed by atoms with Gasteiger partial charge in [0, 0.05) is 17.4 Å². The van der Waals surface area contributed by atoms with E-state index in [1.807, 2.05) is 18.2 Å². The molecule has 0 aliphatic rings. The van der Waals surface area contributed by atoms with Crippen LogP contribution < -0.4 is 10.6 Å². The minimum Gasteiger partial charge on any atom is -0.363 e. The first-order valence-electron chi connectivity index (χ1n) is 8.02. The molecule has 0 unspecified atom stereocenters. The van der Waals surface area contributed by atoms with Crippen LogP contribution in [0.25, 0.3) is 0 Å². The molecule has 0 aliphatic heterocycles. The molecule has 1 amide bonds. The minimum absolute atomic E-state index is 0.0655. The lowest BCUT2D eigenvalue weighted by Gasteiger charge is -2.07. The van der Waals surface area contributed by atoms with E-state index >= 15 is 0 Å². The monoisotopic (exact) mass is 347 g/mol. The molecule has 0 radical (unpaired) electrons. The maximum absolute atomic E-state index is 12.3. The van der Waals surface area contributed by atoms with Crippen LogP contribution in [0.5, 0.6) is 0 Å². The van der Waals surface area contributed by atoms with Crippen LogP contribution in [0.1, 0.15) is 33.5 Å². The number of carbonyl (C=O) groups excluding carboxylic acids is 2. The zero-order valence-electron chi connectivity index (χ0n) is 14.1. The highest BCUT2D eigenvalue weighted by molar-refractivity contribution is 6.03. The van der Waals surface area contributed by atoms with Crippen LogP contribution in [-0.2, 0) is 6.54 Å². The molecule has 1 aromatic carbocycles. The number of aromatic nitrogens is 3. The van der Waals surface area contributed by atoms with Gasteiger partial charge in [-0.25, -0.2) is 0 Å². The Morgan fingerprint density at radius 3 is 2.58 bits per heavy atom. The maximum atomic E-state index is 12.3. The van der Waals surface area contributed by atoms with Gasteiger partial charge in [-0.15, -0.1) is 10.2 Å². The summed E-state index contributed by atoms with van der Waals surface area (Å²) in [7, 11) is 0. The van der Waals surface area contributed by atoms with Crippen molar-refractivity contribution in [1.29, 1.82) is 0 Å². The molecular formula is C19H17N5O2. The third-order valence-corrected chi connectivity index (χ3v) is 3.60. The molecule has 2 aromatic heterocycles. The molecule has 130 valence electrons. The number of hydrogen-bond donors (Lipinski definition) is 2. The summed E-state index contributed by atoms with van der Waals surface area (Å²) >= 11 is 0. The Hall–Kier alpha value is -3.61. The second-order valence-electron chi connectivity index (χ2n) is 5.57. The van der Waals surface area contributed by atoms with Crippen LogP contribution in [0.4, 0.5) is 11.5 Å². The molecule has 0 spiro atoms. The van der Waals surface area contributed by atoms with Gasteiger partial charge >= 0.3 is 0 Å². The number of nitrogens with zero attached hydrogens (tertiary/aromatic N) is 3. The van der Waals surface area contributed by atoms with Gasteiger partial charge in [-0.2, -0.15) is 0 Å². The summed E-state index contributed by atoms with van der Waals surface area (Å²) < 4.78 is 0. The number of anilines is 2. The second kappa shape index (κ2) is 7.98. The van der Waals surface area contributed by atoms with Crippen LogP contribution in [0.15, 0.2) is 60.8 Å². The van der Waals surface area contributed by atoms with Gasteiger partial charge in [0.05, 0.1) is 12.2 Å². The molecule has 3 rings (SSSR count).